The molecule has 0 aliphatic carbocycles. The molecule has 0 spiro atoms. The molecule has 0 saturated heterocycles. The van der Waals surface area contributed by atoms with E-state index in [1.165, 1.54) is 0 Å². The van der Waals surface area contributed by atoms with Gasteiger partial charge in [-0.25, -0.2) is 0 Å². The molecule has 0 N–H and O–H groups in total. The standard InChI is InChI=1S/C26H17N3O/c27-15-19-8-4-6-12-23(19)21-14-25(24-13-7-5-9-20(24)16-28)26(18-30)29(17-21)22-10-2-1-3-11-22/h1-14,17-18,26H. The number of nitriles is 2. The topological polar surface area (TPSA) is 67.9 Å². The molecule has 0 fully saturated rings. The first-order valence-electron chi connectivity index (χ1n) is 9.48. The van der Waals surface area contributed by atoms with Gasteiger partial charge in [0.25, 0.3) is 0 Å². The number of allylic oxidation sites excluding steroid dienone is 2. The van der Waals surface area contributed by atoms with Gasteiger partial charge < -0.3 is 9.69 Å². The molecule has 1 atom stereocenters. The van der Waals surface area contributed by atoms with Gasteiger partial charge in [-0.15, -0.1) is 0 Å². The summed E-state index contributed by atoms with van der Waals surface area (Å²) in [5.41, 5.74) is 4.90. The van der Waals surface area contributed by atoms with Gasteiger partial charge in [0.05, 0.1) is 23.3 Å². The van der Waals surface area contributed by atoms with E-state index in [0.717, 1.165) is 28.7 Å². The van der Waals surface area contributed by atoms with Crippen molar-refractivity contribution in [1.82, 2.24) is 0 Å². The SMILES string of the molecule is N#Cc1ccccc1C1=CN(c2ccccc2)C(C=O)C(c2ccccc2C#N)=C1. The fraction of sp³-hybridized carbons (Fsp3) is 0.0385. The number of hydrogen-bond acceptors (Lipinski definition) is 4. The van der Waals surface area contributed by atoms with Crippen LogP contribution in [0, 0.1) is 22.7 Å². The Bertz CT molecular complexity index is 1240. The summed E-state index contributed by atoms with van der Waals surface area (Å²) in [6.45, 7) is 0. The molecule has 0 saturated carbocycles. The second-order valence-corrected chi connectivity index (χ2v) is 6.82. The highest BCUT2D eigenvalue weighted by Crippen LogP contribution is 2.36. The van der Waals surface area contributed by atoms with E-state index in [1.807, 2.05) is 77.8 Å². The average molecular weight is 387 g/mol. The zero-order valence-corrected chi connectivity index (χ0v) is 16.1. The number of carbonyl (C=O) groups excluding carboxylic acids is 1. The summed E-state index contributed by atoms with van der Waals surface area (Å²) in [5.74, 6) is 0. The van der Waals surface area contributed by atoms with E-state index in [9.17, 15) is 15.3 Å². The monoisotopic (exact) mass is 387 g/mol. The predicted molar refractivity (Wildman–Crippen MR) is 117 cm³/mol. The predicted octanol–water partition coefficient (Wildman–Crippen LogP) is 4.94. The third-order valence-electron chi connectivity index (χ3n) is 5.11. The van der Waals surface area contributed by atoms with Gasteiger partial charge >= 0.3 is 0 Å². The first-order chi connectivity index (χ1) is 14.8. The minimum Gasteiger partial charge on any atom is -0.333 e. The summed E-state index contributed by atoms with van der Waals surface area (Å²) >= 11 is 0. The van der Waals surface area contributed by atoms with Gasteiger partial charge in [0.15, 0.2) is 0 Å². The second-order valence-electron chi connectivity index (χ2n) is 6.82. The third kappa shape index (κ3) is 3.39. The lowest BCUT2D eigenvalue weighted by molar-refractivity contribution is -0.107. The van der Waals surface area contributed by atoms with Crippen molar-refractivity contribution in [2.45, 2.75) is 6.04 Å². The number of aldehydes is 1. The lowest BCUT2D eigenvalue weighted by Crippen LogP contribution is -2.35. The van der Waals surface area contributed by atoms with Crippen molar-refractivity contribution in [2.75, 3.05) is 4.90 Å². The van der Waals surface area contributed by atoms with Crippen molar-refractivity contribution in [3.05, 3.63) is 113 Å². The average Bonchev–Trinajstić information content (AvgIpc) is 2.83. The van der Waals surface area contributed by atoms with Crippen molar-refractivity contribution < 1.29 is 4.79 Å². The molecule has 4 nitrogen and oxygen atoms in total. The Hall–Kier alpha value is -4.41. The van der Waals surface area contributed by atoms with Crippen molar-refractivity contribution in [2.24, 2.45) is 0 Å². The molecule has 0 amide bonds. The minimum atomic E-state index is -0.597. The van der Waals surface area contributed by atoms with E-state index >= 15 is 0 Å². The summed E-state index contributed by atoms with van der Waals surface area (Å²) in [6, 6.07) is 28.1. The molecule has 1 aliphatic rings. The number of benzene rings is 3. The molecule has 30 heavy (non-hydrogen) atoms. The van der Waals surface area contributed by atoms with Crippen LogP contribution in [0.25, 0.3) is 11.1 Å². The molecule has 0 aromatic heterocycles. The fourth-order valence-electron chi connectivity index (χ4n) is 3.69. The van der Waals surface area contributed by atoms with Crippen LogP contribution in [0.5, 0.6) is 0 Å². The van der Waals surface area contributed by atoms with Crippen LogP contribution in [0.3, 0.4) is 0 Å². The smallest absolute Gasteiger partial charge is 0.147 e. The number of rotatable bonds is 4. The van der Waals surface area contributed by atoms with Gasteiger partial charge in [0, 0.05) is 17.5 Å². The van der Waals surface area contributed by atoms with E-state index in [2.05, 4.69) is 12.1 Å². The van der Waals surface area contributed by atoms with Crippen LogP contribution in [-0.4, -0.2) is 12.3 Å². The molecule has 4 rings (SSSR count). The second kappa shape index (κ2) is 8.31. The lowest BCUT2D eigenvalue weighted by atomic mass is 9.87. The van der Waals surface area contributed by atoms with Gasteiger partial charge in [0.2, 0.25) is 0 Å². The molecular formula is C26H17N3O. The van der Waals surface area contributed by atoms with Crippen molar-refractivity contribution >= 4 is 23.1 Å². The molecule has 0 radical (unpaired) electrons. The van der Waals surface area contributed by atoms with E-state index < -0.39 is 6.04 Å². The summed E-state index contributed by atoms with van der Waals surface area (Å²) in [6.07, 6.45) is 4.68. The Morgan fingerprint density at radius 3 is 1.97 bits per heavy atom. The molecule has 4 heteroatoms. The van der Waals surface area contributed by atoms with Crippen molar-refractivity contribution in [3.8, 4) is 12.1 Å². The highest BCUT2D eigenvalue weighted by atomic mass is 16.1. The number of para-hydroxylation sites is 1. The zero-order valence-electron chi connectivity index (χ0n) is 16.1. The van der Waals surface area contributed by atoms with Crippen LogP contribution in [0.4, 0.5) is 5.69 Å². The largest absolute Gasteiger partial charge is 0.333 e. The quantitative estimate of drug-likeness (QED) is 0.595. The van der Waals surface area contributed by atoms with Crippen LogP contribution in [0.1, 0.15) is 22.3 Å². The number of nitrogens with zero attached hydrogens (tertiary/aromatic N) is 3. The van der Waals surface area contributed by atoms with E-state index in [-0.39, 0.29) is 0 Å². The molecule has 3 aromatic rings. The maximum Gasteiger partial charge on any atom is 0.147 e. The Labute approximate surface area is 175 Å². The van der Waals surface area contributed by atoms with Gasteiger partial charge in [-0.2, -0.15) is 10.5 Å². The number of hydrogen-bond donors (Lipinski definition) is 0. The van der Waals surface area contributed by atoms with E-state index in [1.54, 1.807) is 18.2 Å². The van der Waals surface area contributed by atoms with Gasteiger partial charge in [-0.05, 0) is 47.1 Å². The van der Waals surface area contributed by atoms with Crippen molar-refractivity contribution in [1.29, 1.82) is 10.5 Å². The maximum absolute atomic E-state index is 12.2. The Morgan fingerprint density at radius 1 is 0.767 bits per heavy atom. The molecule has 1 heterocycles. The first kappa shape index (κ1) is 18.9. The molecule has 3 aromatic carbocycles. The molecule has 142 valence electrons. The third-order valence-corrected chi connectivity index (χ3v) is 5.11. The van der Waals surface area contributed by atoms with Gasteiger partial charge in [-0.1, -0.05) is 54.6 Å². The summed E-state index contributed by atoms with van der Waals surface area (Å²) in [5, 5.41) is 19.2. The Balaban J connectivity index is 1.97. The van der Waals surface area contributed by atoms with E-state index in [4.69, 9.17) is 0 Å². The Morgan fingerprint density at radius 2 is 1.33 bits per heavy atom. The zero-order chi connectivity index (χ0) is 20.9. The van der Waals surface area contributed by atoms with Crippen LogP contribution in [0.15, 0.2) is 91.1 Å². The first-order valence-corrected chi connectivity index (χ1v) is 9.48. The van der Waals surface area contributed by atoms with E-state index in [0.29, 0.717) is 16.7 Å². The van der Waals surface area contributed by atoms with Gasteiger partial charge in [0.1, 0.15) is 12.3 Å². The van der Waals surface area contributed by atoms with Crippen LogP contribution in [-0.2, 0) is 4.79 Å². The van der Waals surface area contributed by atoms with Crippen LogP contribution in [0.2, 0.25) is 0 Å². The normalized spacial score (nSPS) is 15.4. The van der Waals surface area contributed by atoms with Crippen LogP contribution < -0.4 is 4.90 Å². The molecular weight excluding hydrogens is 370 g/mol. The summed E-state index contributed by atoms with van der Waals surface area (Å²) < 4.78 is 0. The molecule has 1 aliphatic heterocycles. The van der Waals surface area contributed by atoms with Crippen LogP contribution >= 0.6 is 0 Å². The summed E-state index contributed by atoms with van der Waals surface area (Å²) in [7, 11) is 0. The molecule has 0 bridgehead atoms. The van der Waals surface area contributed by atoms with Crippen molar-refractivity contribution in [3.63, 3.8) is 0 Å². The number of carbonyl (C=O) groups is 1. The summed E-state index contributed by atoms with van der Waals surface area (Å²) in [4.78, 5) is 14.1. The lowest BCUT2D eigenvalue weighted by Gasteiger charge is -2.33. The highest BCUT2D eigenvalue weighted by molar-refractivity contribution is 5.99. The highest BCUT2D eigenvalue weighted by Gasteiger charge is 2.28. The number of anilines is 1. The minimum absolute atomic E-state index is 0.499. The fourth-order valence-corrected chi connectivity index (χ4v) is 3.69. The van der Waals surface area contributed by atoms with Gasteiger partial charge in [-0.3, -0.25) is 0 Å². The molecule has 1 unspecified atom stereocenters. The Kier molecular flexibility index (Phi) is 5.24. The maximum atomic E-state index is 12.2.